The topological polar surface area (TPSA) is 12.0 Å². The van der Waals surface area contributed by atoms with Gasteiger partial charge in [-0.05, 0) is 43.8 Å². The van der Waals surface area contributed by atoms with E-state index >= 15 is 0 Å². The smallest absolute Gasteiger partial charge is 0 e. The van der Waals surface area contributed by atoms with Gasteiger partial charge in [-0.2, -0.15) is 0 Å². The lowest BCUT2D eigenvalue weighted by Crippen LogP contribution is -2.23. The van der Waals surface area contributed by atoms with Crippen LogP contribution in [0.5, 0.6) is 0 Å². The zero-order chi connectivity index (χ0) is 11.1. The second-order valence-corrected chi connectivity index (χ2v) is 4.59. The fourth-order valence-electron chi connectivity index (χ4n) is 1.93. The Balaban J connectivity index is 0.00000225. The molecule has 86 valence electrons. The van der Waals surface area contributed by atoms with Crippen molar-refractivity contribution in [3.05, 3.63) is 35.9 Å². The molecule has 0 amide bonds. The molecule has 0 aliphatic heterocycles. The first kappa shape index (κ1) is 12.3. The molecule has 1 aromatic rings. The summed E-state index contributed by atoms with van der Waals surface area (Å²) >= 11 is 0. The third-order valence-electron chi connectivity index (χ3n) is 3.06. The number of rotatable bonds is 6. The van der Waals surface area contributed by atoms with E-state index in [0.29, 0.717) is 0 Å². The van der Waals surface area contributed by atoms with Crippen LogP contribution in [0.1, 0.15) is 27.3 Å². The minimum Gasteiger partial charge on any atom is -0.319 e. The highest BCUT2D eigenvalue weighted by molar-refractivity contribution is 5.14. The fraction of sp³-hybridized carbons (Fsp3) is 0.571. The highest BCUT2D eigenvalue weighted by Gasteiger charge is 2.11. The van der Waals surface area contributed by atoms with Gasteiger partial charge in [0, 0.05) is 1.43 Å². The summed E-state index contributed by atoms with van der Waals surface area (Å²) in [6.07, 6.45) is 2.48. The Kier molecular flexibility index (Phi) is 5.41. The van der Waals surface area contributed by atoms with E-state index in [4.69, 9.17) is 0 Å². The lowest BCUT2D eigenvalue weighted by molar-refractivity contribution is 0.350. The number of nitrogens with one attached hydrogen (secondary N) is 1. The van der Waals surface area contributed by atoms with Gasteiger partial charge in [-0.25, -0.2) is 0 Å². The Morgan fingerprint density at radius 1 is 1.20 bits per heavy atom. The van der Waals surface area contributed by atoms with Gasteiger partial charge < -0.3 is 5.32 Å². The summed E-state index contributed by atoms with van der Waals surface area (Å²) in [5.41, 5.74) is 1.46. The van der Waals surface area contributed by atoms with Crippen LogP contribution in [0.3, 0.4) is 0 Å². The molecule has 0 aliphatic carbocycles. The van der Waals surface area contributed by atoms with Crippen molar-refractivity contribution in [1.82, 2.24) is 5.32 Å². The summed E-state index contributed by atoms with van der Waals surface area (Å²) in [5, 5.41) is 3.29. The molecule has 15 heavy (non-hydrogen) atoms. The lowest BCUT2D eigenvalue weighted by atomic mass is 9.89. The van der Waals surface area contributed by atoms with E-state index in [1.165, 1.54) is 18.4 Å². The van der Waals surface area contributed by atoms with Crippen LogP contribution in [0.15, 0.2) is 30.3 Å². The molecule has 0 spiro atoms. The third kappa shape index (κ3) is 4.48. The zero-order valence-corrected chi connectivity index (χ0v) is 10.2. The Morgan fingerprint density at radius 3 is 2.40 bits per heavy atom. The van der Waals surface area contributed by atoms with E-state index in [0.717, 1.165) is 18.4 Å². The molecule has 1 unspecified atom stereocenters. The monoisotopic (exact) mass is 207 g/mol. The van der Waals surface area contributed by atoms with E-state index in [-0.39, 0.29) is 1.43 Å². The normalized spacial score (nSPS) is 13.1. The first-order valence-corrected chi connectivity index (χ1v) is 5.92. The minimum atomic E-state index is 0. The highest BCUT2D eigenvalue weighted by atomic mass is 14.8. The molecule has 0 aliphatic rings. The molecule has 1 aromatic carbocycles. The van der Waals surface area contributed by atoms with Gasteiger partial charge in [-0.15, -0.1) is 0 Å². The minimum absolute atomic E-state index is 0. The molecule has 1 heteroatoms. The maximum Gasteiger partial charge on any atom is 0 e. The second kappa shape index (κ2) is 6.62. The van der Waals surface area contributed by atoms with Crippen LogP contribution in [-0.4, -0.2) is 13.6 Å². The van der Waals surface area contributed by atoms with Gasteiger partial charge in [0.05, 0.1) is 0 Å². The molecular weight excluding hydrogens is 182 g/mol. The highest BCUT2D eigenvalue weighted by Crippen LogP contribution is 2.17. The van der Waals surface area contributed by atoms with Crippen molar-refractivity contribution in [2.24, 2.45) is 11.8 Å². The Morgan fingerprint density at radius 2 is 1.87 bits per heavy atom. The molecule has 0 aromatic heterocycles. The van der Waals surface area contributed by atoms with Gasteiger partial charge in [-0.1, -0.05) is 44.2 Å². The number of aryl methyl sites for hydroxylation is 1. The average molecular weight is 207 g/mol. The van der Waals surface area contributed by atoms with E-state index in [1.54, 1.807) is 0 Å². The summed E-state index contributed by atoms with van der Waals surface area (Å²) < 4.78 is 0. The van der Waals surface area contributed by atoms with Crippen molar-refractivity contribution < 1.29 is 1.43 Å². The predicted octanol–water partition coefficient (Wildman–Crippen LogP) is 3.36. The van der Waals surface area contributed by atoms with Gasteiger partial charge in [0.1, 0.15) is 0 Å². The van der Waals surface area contributed by atoms with Crippen LogP contribution in [0.2, 0.25) is 0 Å². The molecule has 0 saturated heterocycles. The molecule has 0 bridgehead atoms. The first-order valence-electron chi connectivity index (χ1n) is 5.92. The molecule has 1 nitrogen and oxygen atoms in total. The van der Waals surface area contributed by atoms with Crippen molar-refractivity contribution in [1.29, 1.82) is 0 Å². The molecule has 1 N–H and O–H groups in total. The summed E-state index contributed by atoms with van der Waals surface area (Å²) in [4.78, 5) is 0. The van der Waals surface area contributed by atoms with Crippen molar-refractivity contribution >= 4 is 0 Å². The van der Waals surface area contributed by atoms with Crippen molar-refractivity contribution in [3.8, 4) is 0 Å². The molecule has 1 atom stereocenters. The molecular formula is C14H25N. The quantitative estimate of drug-likeness (QED) is 0.754. The van der Waals surface area contributed by atoms with Crippen LogP contribution in [0, 0.1) is 11.8 Å². The number of hydrogen-bond donors (Lipinski definition) is 1. The Bertz CT molecular complexity index is 259. The van der Waals surface area contributed by atoms with Crippen LogP contribution in [-0.2, 0) is 6.42 Å². The van der Waals surface area contributed by atoms with Crippen molar-refractivity contribution in [2.75, 3.05) is 13.6 Å². The Hall–Kier alpha value is -0.820. The van der Waals surface area contributed by atoms with Crippen molar-refractivity contribution in [2.45, 2.75) is 26.7 Å². The van der Waals surface area contributed by atoms with Crippen LogP contribution < -0.4 is 5.32 Å². The van der Waals surface area contributed by atoms with Gasteiger partial charge in [0.2, 0.25) is 0 Å². The lowest BCUT2D eigenvalue weighted by Gasteiger charge is -2.20. The third-order valence-corrected chi connectivity index (χ3v) is 3.06. The second-order valence-electron chi connectivity index (χ2n) is 4.59. The van der Waals surface area contributed by atoms with Gasteiger partial charge in [-0.3, -0.25) is 0 Å². The average Bonchev–Trinajstić information content (AvgIpc) is 2.25. The molecule has 0 heterocycles. The maximum atomic E-state index is 3.29. The van der Waals surface area contributed by atoms with E-state index in [2.05, 4.69) is 49.5 Å². The molecule has 1 rings (SSSR count). The summed E-state index contributed by atoms with van der Waals surface area (Å²) in [5.74, 6) is 1.55. The first-order chi connectivity index (χ1) is 7.24. The van der Waals surface area contributed by atoms with Crippen molar-refractivity contribution in [3.63, 3.8) is 0 Å². The van der Waals surface area contributed by atoms with Crippen LogP contribution in [0.25, 0.3) is 0 Å². The van der Waals surface area contributed by atoms with E-state index in [9.17, 15) is 0 Å². The Labute approximate surface area is 95.4 Å². The van der Waals surface area contributed by atoms with Crippen LogP contribution >= 0.6 is 0 Å². The maximum absolute atomic E-state index is 3.29. The van der Waals surface area contributed by atoms with Crippen LogP contribution in [0.4, 0.5) is 0 Å². The number of hydrogen-bond acceptors (Lipinski definition) is 1. The van der Waals surface area contributed by atoms with E-state index in [1.807, 2.05) is 7.05 Å². The van der Waals surface area contributed by atoms with E-state index < -0.39 is 0 Å². The largest absolute Gasteiger partial charge is 0.319 e. The summed E-state index contributed by atoms with van der Waals surface area (Å²) in [6, 6.07) is 10.8. The standard InChI is InChI=1S/C14H23N.H2/c1-12(2)14(11-15-3)10-9-13-7-5-4-6-8-13;/h4-8,12,14-15H,9-11H2,1-3H3;1H. The zero-order valence-electron chi connectivity index (χ0n) is 10.2. The fourth-order valence-corrected chi connectivity index (χ4v) is 1.93. The summed E-state index contributed by atoms with van der Waals surface area (Å²) in [6.45, 7) is 5.75. The SMILES string of the molecule is CNCC(CCc1ccccc1)C(C)C.[HH]. The number of benzene rings is 1. The molecule has 0 radical (unpaired) electrons. The predicted molar refractivity (Wildman–Crippen MR) is 69.1 cm³/mol. The molecule has 0 saturated carbocycles. The van der Waals surface area contributed by atoms with Gasteiger partial charge in [0.25, 0.3) is 0 Å². The molecule has 0 fully saturated rings. The van der Waals surface area contributed by atoms with Gasteiger partial charge in [0.15, 0.2) is 0 Å². The summed E-state index contributed by atoms with van der Waals surface area (Å²) in [7, 11) is 2.04. The van der Waals surface area contributed by atoms with Gasteiger partial charge >= 0.3 is 0 Å².